The molecule has 1 aliphatic rings. The molecule has 0 aromatic heterocycles. The number of benzene rings is 1. The third-order valence-electron chi connectivity index (χ3n) is 4.19. The maximum atomic E-state index is 13.6. The minimum absolute atomic E-state index is 0.183. The van der Waals surface area contributed by atoms with Gasteiger partial charge >= 0.3 is 6.09 Å². The Balaban J connectivity index is 1.82. The highest BCUT2D eigenvalue weighted by Gasteiger charge is 2.35. The van der Waals surface area contributed by atoms with Gasteiger partial charge in [0.1, 0.15) is 11.4 Å². The van der Waals surface area contributed by atoms with E-state index in [4.69, 9.17) is 4.74 Å². The molecule has 0 aliphatic heterocycles. The second-order valence-electron chi connectivity index (χ2n) is 7.60. The molecule has 8 heteroatoms. The molecule has 1 aromatic carbocycles. The van der Waals surface area contributed by atoms with Crippen LogP contribution in [0.1, 0.15) is 45.6 Å². The van der Waals surface area contributed by atoms with Gasteiger partial charge in [-0.15, -0.1) is 0 Å². The number of hydrazine groups is 1. The Bertz CT molecular complexity index is 702. The van der Waals surface area contributed by atoms with Crippen LogP contribution >= 0.6 is 0 Å². The van der Waals surface area contributed by atoms with Crippen molar-refractivity contribution in [3.8, 4) is 0 Å². The summed E-state index contributed by atoms with van der Waals surface area (Å²) in [7, 11) is 0. The molecule has 0 spiro atoms. The van der Waals surface area contributed by atoms with E-state index in [0.717, 1.165) is 6.42 Å². The minimum atomic E-state index is -0.624. The third kappa shape index (κ3) is 6.54. The Kier molecular flexibility index (Phi) is 6.76. The number of carbonyl (C=O) groups is 3. The predicted molar refractivity (Wildman–Crippen MR) is 96.9 cm³/mol. The zero-order valence-electron chi connectivity index (χ0n) is 15.8. The monoisotopic (exact) mass is 379 g/mol. The van der Waals surface area contributed by atoms with Gasteiger partial charge in [0.15, 0.2) is 0 Å². The van der Waals surface area contributed by atoms with Gasteiger partial charge in [0, 0.05) is 6.04 Å². The summed E-state index contributed by atoms with van der Waals surface area (Å²) in [5.41, 5.74) is 4.28. The van der Waals surface area contributed by atoms with E-state index >= 15 is 0 Å². The first-order chi connectivity index (χ1) is 12.7. The molecule has 7 nitrogen and oxygen atoms in total. The van der Waals surface area contributed by atoms with Crippen LogP contribution in [0.15, 0.2) is 24.3 Å². The summed E-state index contributed by atoms with van der Waals surface area (Å²) in [4.78, 5) is 36.2. The number of ether oxygens (including phenoxy) is 1. The van der Waals surface area contributed by atoms with Gasteiger partial charge in [-0.25, -0.2) is 9.18 Å². The van der Waals surface area contributed by atoms with Crippen LogP contribution < -0.4 is 16.2 Å². The Morgan fingerprint density at radius 2 is 1.85 bits per heavy atom. The normalized spacial score (nSPS) is 19.3. The molecule has 1 saturated carbocycles. The van der Waals surface area contributed by atoms with Crippen molar-refractivity contribution in [3.05, 3.63) is 35.6 Å². The van der Waals surface area contributed by atoms with Crippen LogP contribution in [-0.4, -0.2) is 29.6 Å². The molecule has 27 heavy (non-hydrogen) atoms. The number of hydrogen-bond acceptors (Lipinski definition) is 4. The molecule has 3 amide bonds. The Morgan fingerprint density at radius 1 is 1.15 bits per heavy atom. The van der Waals surface area contributed by atoms with Crippen molar-refractivity contribution in [2.24, 2.45) is 5.92 Å². The smallest absolute Gasteiger partial charge is 0.407 e. The number of hydrogen-bond donors (Lipinski definition) is 3. The van der Waals surface area contributed by atoms with Crippen LogP contribution in [0.25, 0.3) is 0 Å². The van der Waals surface area contributed by atoms with Gasteiger partial charge in [-0.3, -0.25) is 20.4 Å². The van der Waals surface area contributed by atoms with Gasteiger partial charge < -0.3 is 10.1 Å². The summed E-state index contributed by atoms with van der Waals surface area (Å²) in [6, 6.07) is 5.59. The Hall–Kier alpha value is -2.64. The van der Waals surface area contributed by atoms with E-state index in [1.807, 2.05) is 0 Å². The van der Waals surface area contributed by atoms with Gasteiger partial charge in [0.2, 0.25) is 11.8 Å². The van der Waals surface area contributed by atoms with E-state index in [0.29, 0.717) is 12.8 Å². The molecule has 0 saturated heterocycles. The van der Waals surface area contributed by atoms with E-state index < -0.39 is 35.2 Å². The number of carbonyl (C=O) groups excluding carboxylic acids is 3. The van der Waals surface area contributed by atoms with Crippen molar-refractivity contribution in [1.82, 2.24) is 16.2 Å². The lowest BCUT2D eigenvalue weighted by molar-refractivity contribution is -0.131. The second kappa shape index (κ2) is 8.83. The first-order valence-electron chi connectivity index (χ1n) is 8.97. The largest absolute Gasteiger partial charge is 0.444 e. The summed E-state index contributed by atoms with van der Waals surface area (Å²) in [6.45, 7) is 5.28. The van der Waals surface area contributed by atoms with Crippen LogP contribution in [0.2, 0.25) is 0 Å². The Morgan fingerprint density at radius 3 is 2.52 bits per heavy atom. The molecular weight excluding hydrogens is 353 g/mol. The highest BCUT2D eigenvalue weighted by Crippen LogP contribution is 2.26. The van der Waals surface area contributed by atoms with Crippen LogP contribution in [0.5, 0.6) is 0 Å². The zero-order valence-corrected chi connectivity index (χ0v) is 15.8. The average molecular weight is 379 g/mol. The molecule has 0 unspecified atom stereocenters. The molecule has 148 valence electrons. The number of amides is 3. The molecule has 0 heterocycles. The molecule has 2 rings (SSSR count). The predicted octanol–water partition coefficient (Wildman–Crippen LogP) is 2.21. The van der Waals surface area contributed by atoms with Crippen LogP contribution in [0.4, 0.5) is 9.18 Å². The average Bonchev–Trinajstić information content (AvgIpc) is 3.01. The summed E-state index contributed by atoms with van der Waals surface area (Å²) in [6.07, 6.45) is 1.27. The Labute approximate surface area is 158 Å². The number of nitrogens with one attached hydrogen (secondary N) is 3. The first-order valence-corrected chi connectivity index (χ1v) is 8.97. The maximum absolute atomic E-state index is 13.6. The fourth-order valence-electron chi connectivity index (χ4n) is 2.99. The van der Waals surface area contributed by atoms with Crippen molar-refractivity contribution in [1.29, 1.82) is 0 Å². The van der Waals surface area contributed by atoms with Crippen LogP contribution in [0, 0.1) is 11.7 Å². The second-order valence-corrected chi connectivity index (χ2v) is 7.60. The first kappa shape index (κ1) is 20.7. The van der Waals surface area contributed by atoms with E-state index in [-0.39, 0.29) is 18.0 Å². The van der Waals surface area contributed by atoms with Crippen molar-refractivity contribution >= 4 is 17.9 Å². The lowest BCUT2D eigenvalue weighted by atomic mass is 10.0. The van der Waals surface area contributed by atoms with Gasteiger partial charge in [-0.2, -0.15) is 0 Å². The molecule has 1 fully saturated rings. The van der Waals surface area contributed by atoms with Crippen molar-refractivity contribution < 1.29 is 23.5 Å². The minimum Gasteiger partial charge on any atom is -0.444 e. The van der Waals surface area contributed by atoms with Crippen molar-refractivity contribution in [2.75, 3.05) is 0 Å². The number of alkyl carbamates (subject to hydrolysis) is 1. The third-order valence-corrected chi connectivity index (χ3v) is 4.19. The fourth-order valence-corrected chi connectivity index (χ4v) is 2.99. The molecule has 2 atom stereocenters. The quantitative estimate of drug-likeness (QED) is 0.699. The van der Waals surface area contributed by atoms with E-state index in [2.05, 4.69) is 16.2 Å². The lowest BCUT2D eigenvalue weighted by Gasteiger charge is -2.24. The highest BCUT2D eigenvalue weighted by atomic mass is 19.1. The molecule has 1 aromatic rings. The lowest BCUT2D eigenvalue weighted by Crippen LogP contribution is -2.50. The van der Waals surface area contributed by atoms with Gasteiger partial charge in [-0.1, -0.05) is 24.6 Å². The van der Waals surface area contributed by atoms with Crippen LogP contribution in [0.3, 0.4) is 0 Å². The summed E-state index contributed by atoms with van der Waals surface area (Å²) in [5, 5.41) is 2.72. The van der Waals surface area contributed by atoms with Gasteiger partial charge in [-0.05, 0) is 45.2 Å². The van der Waals surface area contributed by atoms with Crippen molar-refractivity contribution in [3.63, 3.8) is 0 Å². The summed E-state index contributed by atoms with van der Waals surface area (Å²) < 4.78 is 18.8. The maximum Gasteiger partial charge on any atom is 0.407 e. The van der Waals surface area contributed by atoms with E-state index in [1.165, 1.54) is 18.2 Å². The van der Waals surface area contributed by atoms with Crippen LogP contribution in [-0.2, 0) is 20.7 Å². The molecule has 0 bridgehead atoms. The van der Waals surface area contributed by atoms with Gasteiger partial charge in [0.25, 0.3) is 0 Å². The SMILES string of the molecule is CC(C)(C)OC(=O)N[C@@H]1CCC[C@H]1C(=O)NNC(=O)Cc1ccccc1F. The zero-order chi connectivity index (χ0) is 20.0. The van der Waals surface area contributed by atoms with Gasteiger partial charge in [0.05, 0.1) is 12.3 Å². The topological polar surface area (TPSA) is 96.5 Å². The molecule has 3 N–H and O–H groups in total. The molecule has 0 radical (unpaired) electrons. The summed E-state index contributed by atoms with van der Waals surface area (Å²) >= 11 is 0. The standard InChI is InChI=1S/C19H26FN3O4/c1-19(2,3)27-18(26)21-15-10-6-8-13(15)17(25)23-22-16(24)11-12-7-4-5-9-14(12)20/h4-5,7,9,13,15H,6,8,10-11H2,1-3H3,(H,21,26)(H,22,24)(H,23,25)/t13-,15-/m1/s1. The number of rotatable bonds is 4. The highest BCUT2D eigenvalue weighted by molar-refractivity contribution is 5.85. The number of halogens is 1. The molecular formula is C19H26FN3O4. The summed E-state index contributed by atoms with van der Waals surface area (Å²) in [5.74, 6) is -1.86. The van der Waals surface area contributed by atoms with E-state index in [1.54, 1.807) is 26.8 Å². The molecule has 1 aliphatic carbocycles. The van der Waals surface area contributed by atoms with Crippen molar-refractivity contribution in [2.45, 2.75) is 58.1 Å². The fraction of sp³-hybridized carbons (Fsp3) is 0.526. The van der Waals surface area contributed by atoms with E-state index in [9.17, 15) is 18.8 Å².